The zero-order valence-electron chi connectivity index (χ0n) is 7.92. The van der Waals surface area contributed by atoms with Crippen LogP contribution < -0.4 is 4.74 Å². The molecular weight excluding hydrogens is 167 g/mol. The quantitative estimate of drug-likeness (QED) is 0.634. The number of rotatable bonds is 5. The predicted molar refractivity (Wildman–Crippen MR) is 51.4 cm³/mol. The number of hydrogen-bond acceptors (Lipinski definition) is 1. The maximum Gasteiger partial charge on any atom is 0.123 e. The van der Waals surface area contributed by atoms with Crippen molar-refractivity contribution in [3.63, 3.8) is 0 Å². The van der Waals surface area contributed by atoms with Gasteiger partial charge in [0, 0.05) is 0 Å². The van der Waals surface area contributed by atoms with Gasteiger partial charge in [-0.15, -0.1) is 0 Å². The van der Waals surface area contributed by atoms with Crippen molar-refractivity contribution in [3.05, 3.63) is 30.1 Å². The summed E-state index contributed by atoms with van der Waals surface area (Å²) in [6.45, 7) is 2.87. The van der Waals surface area contributed by atoms with Crippen molar-refractivity contribution in [2.24, 2.45) is 0 Å². The van der Waals surface area contributed by atoms with E-state index in [2.05, 4.69) is 6.92 Å². The van der Waals surface area contributed by atoms with Crippen LogP contribution in [0.5, 0.6) is 5.75 Å². The zero-order chi connectivity index (χ0) is 9.52. The van der Waals surface area contributed by atoms with E-state index >= 15 is 0 Å². The van der Waals surface area contributed by atoms with Crippen molar-refractivity contribution in [1.82, 2.24) is 0 Å². The van der Waals surface area contributed by atoms with E-state index in [0.717, 1.165) is 18.8 Å². The molecule has 1 nitrogen and oxygen atoms in total. The summed E-state index contributed by atoms with van der Waals surface area (Å²) in [4.78, 5) is 0. The van der Waals surface area contributed by atoms with E-state index in [1.807, 2.05) is 0 Å². The van der Waals surface area contributed by atoms with Gasteiger partial charge in [0.05, 0.1) is 6.61 Å². The molecule has 0 atom stereocenters. The Bertz CT molecular complexity index is 230. The molecule has 0 aromatic heterocycles. The van der Waals surface area contributed by atoms with Gasteiger partial charge < -0.3 is 4.74 Å². The van der Waals surface area contributed by atoms with Crippen LogP contribution in [-0.4, -0.2) is 6.61 Å². The third-order valence-corrected chi connectivity index (χ3v) is 1.83. The molecule has 1 rings (SSSR count). The minimum atomic E-state index is -0.221. The Balaban J connectivity index is 2.25. The second-order valence-corrected chi connectivity index (χ2v) is 3.01. The first kappa shape index (κ1) is 10.0. The number of unbranched alkanes of at least 4 members (excludes halogenated alkanes) is 2. The van der Waals surface area contributed by atoms with Gasteiger partial charge in [-0.2, -0.15) is 0 Å². The van der Waals surface area contributed by atoms with Gasteiger partial charge in [-0.25, -0.2) is 4.39 Å². The molecule has 0 bridgehead atoms. The molecule has 0 spiro atoms. The molecule has 0 N–H and O–H groups in total. The fraction of sp³-hybridized carbons (Fsp3) is 0.455. The van der Waals surface area contributed by atoms with Crippen molar-refractivity contribution in [3.8, 4) is 5.75 Å². The molecule has 1 aromatic rings. The SMILES string of the molecule is CCCCCOc1ccc(F)cc1. The molecular formula is C11H15FO. The van der Waals surface area contributed by atoms with Crippen LogP contribution in [0.4, 0.5) is 4.39 Å². The lowest BCUT2D eigenvalue weighted by Gasteiger charge is -2.04. The summed E-state index contributed by atoms with van der Waals surface area (Å²) in [7, 11) is 0. The molecule has 2 heteroatoms. The fourth-order valence-corrected chi connectivity index (χ4v) is 1.07. The molecule has 13 heavy (non-hydrogen) atoms. The Labute approximate surface area is 78.5 Å². The minimum absolute atomic E-state index is 0.221. The largest absolute Gasteiger partial charge is 0.494 e. The highest BCUT2D eigenvalue weighted by molar-refractivity contribution is 5.21. The first-order valence-corrected chi connectivity index (χ1v) is 4.71. The van der Waals surface area contributed by atoms with E-state index in [4.69, 9.17) is 4.74 Å². The van der Waals surface area contributed by atoms with Gasteiger partial charge in [-0.3, -0.25) is 0 Å². The summed E-state index contributed by atoms with van der Waals surface area (Å²) >= 11 is 0. The Hall–Kier alpha value is -1.05. The monoisotopic (exact) mass is 182 g/mol. The Morgan fingerprint density at radius 2 is 1.85 bits per heavy atom. The average molecular weight is 182 g/mol. The highest BCUT2D eigenvalue weighted by Gasteiger charge is 1.93. The first-order chi connectivity index (χ1) is 6.33. The standard InChI is InChI=1S/C11H15FO/c1-2-3-4-9-13-11-7-5-10(12)6-8-11/h5-8H,2-4,9H2,1H3. The molecule has 0 saturated carbocycles. The molecule has 0 aliphatic carbocycles. The van der Waals surface area contributed by atoms with Gasteiger partial charge in [-0.1, -0.05) is 19.8 Å². The maximum atomic E-state index is 12.5. The summed E-state index contributed by atoms with van der Waals surface area (Å²) in [5.41, 5.74) is 0. The molecule has 0 aliphatic heterocycles. The Kier molecular flexibility index (Phi) is 4.30. The van der Waals surface area contributed by atoms with Crippen molar-refractivity contribution in [2.45, 2.75) is 26.2 Å². The summed E-state index contributed by atoms with van der Waals surface area (Å²) in [5.74, 6) is 0.526. The molecule has 0 saturated heterocycles. The summed E-state index contributed by atoms with van der Waals surface area (Å²) in [6, 6.07) is 6.13. The molecule has 1 aromatic carbocycles. The molecule has 0 heterocycles. The lowest BCUT2D eigenvalue weighted by molar-refractivity contribution is 0.306. The van der Waals surface area contributed by atoms with Crippen LogP contribution in [0, 0.1) is 5.82 Å². The fourth-order valence-electron chi connectivity index (χ4n) is 1.07. The molecule has 0 radical (unpaired) electrons. The van der Waals surface area contributed by atoms with Gasteiger partial charge in [0.1, 0.15) is 11.6 Å². The molecule has 0 fully saturated rings. The van der Waals surface area contributed by atoms with Crippen LogP contribution in [0.3, 0.4) is 0 Å². The first-order valence-electron chi connectivity index (χ1n) is 4.71. The van der Waals surface area contributed by atoms with Crippen molar-refractivity contribution in [1.29, 1.82) is 0 Å². The van der Waals surface area contributed by atoms with Crippen molar-refractivity contribution >= 4 is 0 Å². The van der Waals surface area contributed by atoms with E-state index in [-0.39, 0.29) is 5.82 Å². The van der Waals surface area contributed by atoms with Gasteiger partial charge in [0.2, 0.25) is 0 Å². The van der Waals surface area contributed by atoms with Crippen LogP contribution in [-0.2, 0) is 0 Å². The molecule has 72 valence electrons. The van der Waals surface area contributed by atoms with Gasteiger partial charge in [-0.05, 0) is 30.7 Å². The molecule has 0 amide bonds. The Morgan fingerprint density at radius 1 is 1.15 bits per heavy atom. The van der Waals surface area contributed by atoms with E-state index in [0.29, 0.717) is 0 Å². The van der Waals surface area contributed by atoms with Crippen LogP contribution in [0.2, 0.25) is 0 Å². The third kappa shape index (κ3) is 3.92. The highest BCUT2D eigenvalue weighted by Crippen LogP contribution is 2.11. The van der Waals surface area contributed by atoms with Crippen LogP contribution in [0.1, 0.15) is 26.2 Å². The van der Waals surface area contributed by atoms with Gasteiger partial charge in [0.25, 0.3) is 0 Å². The zero-order valence-corrected chi connectivity index (χ0v) is 7.92. The molecule has 0 aliphatic rings. The number of benzene rings is 1. The van der Waals surface area contributed by atoms with E-state index in [1.54, 1.807) is 12.1 Å². The highest BCUT2D eigenvalue weighted by atomic mass is 19.1. The second-order valence-electron chi connectivity index (χ2n) is 3.01. The lowest BCUT2D eigenvalue weighted by atomic mass is 10.3. The number of hydrogen-bond donors (Lipinski definition) is 0. The van der Waals surface area contributed by atoms with E-state index in [9.17, 15) is 4.39 Å². The second kappa shape index (κ2) is 5.57. The van der Waals surface area contributed by atoms with Crippen molar-refractivity contribution in [2.75, 3.05) is 6.61 Å². The normalized spacial score (nSPS) is 10.0. The van der Waals surface area contributed by atoms with E-state index < -0.39 is 0 Å². The third-order valence-electron chi connectivity index (χ3n) is 1.83. The minimum Gasteiger partial charge on any atom is -0.494 e. The number of ether oxygens (including phenoxy) is 1. The maximum absolute atomic E-state index is 12.5. The summed E-state index contributed by atoms with van der Waals surface area (Å²) in [5, 5.41) is 0. The average Bonchev–Trinajstić information content (AvgIpc) is 2.15. The lowest BCUT2D eigenvalue weighted by Crippen LogP contribution is -1.96. The van der Waals surface area contributed by atoms with Crippen LogP contribution in [0.25, 0.3) is 0 Å². The molecule has 0 unspecified atom stereocenters. The number of halogens is 1. The van der Waals surface area contributed by atoms with Crippen LogP contribution >= 0.6 is 0 Å². The van der Waals surface area contributed by atoms with Crippen LogP contribution in [0.15, 0.2) is 24.3 Å². The van der Waals surface area contributed by atoms with Gasteiger partial charge in [0.15, 0.2) is 0 Å². The van der Waals surface area contributed by atoms with Crippen molar-refractivity contribution < 1.29 is 9.13 Å². The topological polar surface area (TPSA) is 9.23 Å². The summed E-state index contributed by atoms with van der Waals surface area (Å²) in [6.07, 6.45) is 3.43. The Morgan fingerprint density at radius 3 is 2.46 bits per heavy atom. The van der Waals surface area contributed by atoms with E-state index in [1.165, 1.54) is 25.0 Å². The predicted octanol–water partition coefficient (Wildman–Crippen LogP) is 3.39. The summed E-state index contributed by atoms with van der Waals surface area (Å²) < 4.78 is 17.9. The van der Waals surface area contributed by atoms with Gasteiger partial charge >= 0.3 is 0 Å². The smallest absolute Gasteiger partial charge is 0.123 e.